The van der Waals surface area contributed by atoms with Crippen molar-refractivity contribution in [3.63, 3.8) is 0 Å². The summed E-state index contributed by atoms with van der Waals surface area (Å²) >= 11 is 1.32. The molecule has 1 atom stereocenters. The first kappa shape index (κ1) is 20.5. The number of nitrogens with zero attached hydrogens (tertiary/aromatic N) is 2. The molecule has 0 saturated carbocycles. The number of carbonyl (C=O) groups excluding carboxylic acids is 1. The number of carbonyl (C=O) groups is 1. The van der Waals surface area contributed by atoms with E-state index < -0.39 is 11.6 Å². The van der Waals surface area contributed by atoms with Crippen LogP contribution in [0.4, 0.5) is 14.5 Å². The summed E-state index contributed by atoms with van der Waals surface area (Å²) in [6.07, 6.45) is 2.30. The molecule has 4 nitrogen and oxygen atoms in total. The minimum absolute atomic E-state index is 0.0971. The van der Waals surface area contributed by atoms with Gasteiger partial charge in [-0.15, -0.1) is 9.01 Å². The average molecular weight is 405 g/mol. The van der Waals surface area contributed by atoms with Gasteiger partial charge in [0.25, 0.3) is 5.91 Å². The maximum absolute atomic E-state index is 14.5. The number of hydrogen-bond donors (Lipinski definition) is 1. The Bertz CT molecular complexity index is 888. The molecule has 148 valence electrons. The fourth-order valence-electron chi connectivity index (χ4n) is 3.15. The van der Waals surface area contributed by atoms with Crippen molar-refractivity contribution in [3.8, 4) is 0 Å². The molecule has 1 aliphatic rings. The van der Waals surface area contributed by atoms with E-state index in [2.05, 4.69) is 0 Å². The minimum atomic E-state index is -0.524. The van der Waals surface area contributed by atoms with Crippen LogP contribution in [-0.4, -0.2) is 24.0 Å². The van der Waals surface area contributed by atoms with Crippen LogP contribution in [0.5, 0.6) is 0 Å². The van der Waals surface area contributed by atoms with Crippen molar-refractivity contribution in [1.82, 2.24) is 9.01 Å². The van der Waals surface area contributed by atoms with Crippen LogP contribution in [0.3, 0.4) is 0 Å². The van der Waals surface area contributed by atoms with Crippen LogP contribution < -0.4 is 9.73 Å². The molecule has 3 rings (SSSR count). The van der Waals surface area contributed by atoms with Gasteiger partial charge in [-0.2, -0.15) is 0 Å². The number of para-hydroxylation sites is 1. The lowest BCUT2D eigenvalue weighted by Gasteiger charge is -2.37. The molecule has 1 unspecified atom stereocenters. The highest BCUT2D eigenvalue weighted by molar-refractivity contribution is 8.08. The Kier molecular flexibility index (Phi) is 6.17. The first-order chi connectivity index (χ1) is 13.4. The van der Waals surface area contributed by atoms with Gasteiger partial charge < -0.3 is 5.73 Å². The van der Waals surface area contributed by atoms with Crippen molar-refractivity contribution in [3.05, 3.63) is 71.9 Å². The SMILES string of the molecule is CC(C)C(=O)N1C=C(c2cc(F)ccc2F)S[N+]1(CCCN)c1ccccc1. The molecule has 0 bridgehead atoms. The van der Waals surface area contributed by atoms with Gasteiger partial charge >= 0.3 is 0 Å². The molecule has 1 amide bonds. The summed E-state index contributed by atoms with van der Waals surface area (Å²) in [5.41, 5.74) is 6.79. The lowest BCUT2D eigenvalue weighted by atomic mass is 10.2. The van der Waals surface area contributed by atoms with Crippen LogP contribution >= 0.6 is 11.9 Å². The van der Waals surface area contributed by atoms with Gasteiger partial charge in [-0.3, -0.25) is 4.79 Å². The number of halogens is 2. The first-order valence-corrected chi connectivity index (χ1v) is 10.0. The van der Waals surface area contributed by atoms with E-state index in [1.54, 1.807) is 11.2 Å². The smallest absolute Gasteiger partial charge is 0.276 e. The Morgan fingerprint density at radius 2 is 1.89 bits per heavy atom. The zero-order valence-corrected chi connectivity index (χ0v) is 16.8. The fourth-order valence-corrected chi connectivity index (χ4v) is 4.54. The normalized spacial score (nSPS) is 19.2. The predicted molar refractivity (Wildman–Crippen MR) is 110 cm³/mol. The van der Waals surface area contributed by atoms with Crippen molar-refractivity contribution in [2.45, 2.75) is 20.3 Å². The molecule has 0 spiro atoms. The van der Waals surface area contributed by atoms with Crippen LogP contribution in [0.25, 0.3) is 4.91 Å². The molecule has 2 aromatic carbocycles. The zero-order valence-electron chi connectivity index (χ0n) is 15.9. The lowest BCUT2D eigenvalue weighted by molar-refractivity contribution is -0.138. The standard InChI is InChI=1S/C21H24F2N3OS/c1-15(2)21(27)25-14-20(18-13-16(22)9-10-19(18)23)28-26(25,12-6-11-24)17-7-4-3-5-8-17/h3-5,7-10,13-15H,6,11-12,24H2,1-2H3/q+1. The van der Waals surface area contributed by atoms with Crippen molar-refractivity contribution in [1.29, 1.82) is 0 Å². The van der Waals surface area contributed by atoms with Crippen LogP contribution in [0.1, 0.15) is 25.8 Å². The Labute approximate surface area is 168 Å². The molecular formula is C21H24F2N3OS+. The highest BCUT2D eigenvalue weighted by Gasteiger charge is 2.49. The van der Waals surface area contributed by atoms with E-state index in [9.17, 15) is 13.6 Å². The van der Waals surface area contributed by atoms with E-state index in [4.69, 9.17) is 5.73 Å². The third kappa shape index (κ3) is 3.83. The second-order valence-corrected chi connectivity index (χ2v) is 8.18. The summed E-state index contributed by atoms with van der Waals surface area (Å²) in [5, 5.41) is 1.63. The van der Waals surface area contributed by atoms with Gasteiger partial charge in [0.1, 0.15) is 35.0 Å². The summed E-state index contributed by atoms with van der Waals surface area (Å²) in [6.45, 7) is 4.65. The Balaban J connectivity index is 2.15. The van der Waals surface area contributed by atoms with E-state index in [0.29, 0.717) is 24.4 Å². The molecule has 0 fully saturated rings. The highest BCUT2D eigenvalue weighted by Crippen LogP contribution is 2.49. The maximum atomic E-state index is 14.5. The molecule has 2 N–H and O–H groups in total. The Morgan fingerprint density at radius 1 is 1.18 bits per heavy atom. The van der Waals surface area contributed by atoms with E-state index in [0.717, 1.165) is 17.8 Å². The number of amides is 1. The largest absolute Gasteiger partial charge is 0.330 e. The van der Waals surface area contributed by atoms with Crippen LogP contribution in [0.15, 0.2) is 54.7 Å². The molecule has 28 heavy (non-hydrogen) atoms. The topological polar surface area (TPSA) is 46.3 Å². The number of nitrogens with two attached hydrogens (primary N) is 1. The van der Waals surface area contributed by atoms with Crippen LogP contribution in [-0.2, 0) is 4.79 Å². The van der Waals surface area contributed by atoms with Crippen molar-refractivity contribution in [2.24, 2.45) is 11.7 Å². The summed E-state index contributed by atoms with van der Waals surface area (Å²) in [7, 11) is 0. The van der Waals surface area contributed by atoms with Gasteiger partial charge in [0.2, 0.25) is 0 Å². The molecule has 7 heteroatoms. The second-order valence-electron chi connectivity index (χ2n) is 6.95. The first-order valence-electron chi connectivity index (χ1n) is 9.23. The molecule has 0 aromatic heterocycles. The zero-order chi connectivity index (χ0) is 20.3. The summed E-state index contributed by atoms with van der Waals surface area (Å²) < 4.78 is 28.4. The van der Waals surface area contributed by atoms with Gasteiger partial charge in [-0.1, -0.05) is 32.0 Å². The minimum Gasteiger partial charge on any atom is -0.330 e. The van der Waals surface area contributed by atoms with Crippen molar-refractivity contribution < 1.29 is 13.6 Å². The van der Waals surface area contributed by atoms with Gasteiger partial charge in [-0.25, -0.2) is 8.78 Å². The van der Waals surface area contributed by atoms with Crippen LogP contribution in [0.2, 0.25) is 0 Å². The van der Waals surface area contributed by atoms with Gasteiger partial charge in [-0.05, 0) is 24.7 Å². The molecule has 1 heterocycles. The van der Waals surface area contributed by atoms with E-state index in [1.165, 1.54) is 18.0 Å². The predicted octanol–water partition coefficient (Wildman–Crippen LogP) is 4.68. The number of hydrogen-bond acceptors (Lipinski definition) is 3. The van der Waals surface area contributed by atoms with Crippen LogP contribution in [0, 0.1) is 17.6 Å². The average Bonchev–Trinajstić information content (AvgIpc) is 3.08. The van der Waals surface area contributed by atoms with E-state index in [-0.39, 0.29) is 21.4 Å². The molecule has 0 radical (unpaired) electrons. The maximum Gasteiger partial charge on any atom is 0.276 e. The lowest BCUT2D eigenvalue weighted by Crippen LogP contribution is -2.56. The van der Waals surface area contributed by atoms with Crippen molar-refractivity contribution in [2.75, 3.05) is 13.1 Å². The van der Waals surface area contributed by atoms with Gasteiger partial charge in [0.15, 0.2) is 5.69 Å². The van der Waals surface area contributed by atoms with Gasteiger partial charge in [0.05, 0.1) is 6.20 Å². The number of benzene rings is 2. The van der Waals surface area contributed by atoms with Crippen molar-refractivity contribution >= 4 is 28.4 Å². The number of quaternary nitrogens is 1. The number of rotatable bonds is 6. The molecular weight excluding hydrogens is 380 g/mol. The summed E-state index contributed by atoms with van der Waals surface area (Å²) in [6, 6.07) is 12.9. The Morgan fingerprint density at radius 3 is 2.54 bits per heavy atom. The summed E-state index contributed by atoms with van der Waals surface area (Å²) in [5.74, 6) is -1.40. The van der Waals surface area contributed by atoms with E-state index in [1.807, 2.05) is 44.2 Å². The Hall–Kier alpha value is -2.22. The third-order valence-electron chi connectivity index (χ3n) is 4.58. The van der Waals surface area contributed by atoms with Gasteiger partial charge in [0, 0.05) is 30.0 Å². The molecule has 2 aromatic rings. The quantitative estimate of drug-likeness (QED) is 0.562. The molecule has 1 aliphatic heterocycles. The van der Waals surface area contributed by atoms with E-state index >= 15 is 0 Å². The summed E-state index contributed by atoms with van der Waals surface area (Å²) in [4.78, 5) is 13.6. The third-order valence-corrected chi connectivity index (χ3v) is 5.97. The molecule has 0 aliphatic carbocycles. The highest BCUT2D eigenvalue weighted by atomic mass is 32.2. The fraction of sp³-hybridized carbons (Fsp3) is 0.286. The second kappa shape index (κ2) is 8.43. The molecule has 0 saturated heterocycles. The monoisotopic (exact) mass is 404 g/mol.